The molecular formula is C16H23ClN2O3. The number of carbonyl (C=O) groups excluding carboxylic acids is 2. The lowest BCUT2D eigenvalue weighted by atomic mass is 10.0. The second-order valence-corrected chi connectivity index (χ2v) is 5.48. The van der Waals surface area contributed by atoms with Gasteiger partial charge < -0.3 is 15.8 Å². The molecule has 1 unspecified atom stereocenters. The quantitative estimate of drug-likeness (QED) is 0.607. The Labute approximate surface area is 137 Å². The fraction of sp³-hybridized carbons (Fsp3) is 0.500. The average molecular weight is 327 g/mol. The van der Waals surface area contributed by atoms with E-state index in [1.54, 1.807) is 0 Å². The topological polar surface area (TPSA) is 81.4 Å². The number of hydrogen-bond donors (Lipinski definition) is 2. The number of hydrogen-bond acceptors (Lipinski definition) is 4. The molecular weight excluding hydrogens is 304 g/mol. The molecule has 1 aliphatic carbocycles. The molecule has 22 heavy (non-hydrogen) atoms. The third kappa shape index (κ3) is 5.31. The zero-order chi connectivity index (χ0) is 15.2. The summed E-state index contributed by atoms with van der Waals surface area (Å²) >= 11 is 0. The van der Waals surface area contributed by atoms with Gasteiger partial charge in [0.15, 0.2) is 0 Å². The van der Waals surface area contributed by atoms with Gasteiger partial charge in [-0.15, -0.1) is 12.4 Å². The number of esters is 1. The lowest BCUT2D eigenvalue weighted by Gasteiger charge is -2.06. The molecule has 1 aromatic rings. The van der Waals surface area contributed by atoms with E-state index in [9.17, 15) is 9.59 Å². The first-order chi connectivity index (χ1) is 10.1. The molecule has 0 saturated carbocycles. The monoisotopic (exact) mass is 326 g/mol. The fourth-order valence-corrected chi connectivity index (χ4v) is 2.63. The van der Waals surface area contributed by atoms with Crippen LogP contribution < -0.4 is 11.1 Å². The standard InChI is InChI=1S/C16H22N2O3.ClH/c1-21-16(20)3-2-6-18-15(19)8-11-4-5-12-9-14(17)10-13(12)7-11;/h4-5,7,14H,2-3,6,8-10,17H2,1H3,(H,18,19);1H. The first-order valence-corrected chi connectivity index (χ1v) is 7.28. The van der Waals surface area contributed by atoms with Crippen molar-refractivity contribution in [3.05, 3.63) is 34.9 Å². The molecule has 0 fully saturated rings. The SMILES string of the molecule is COC(=O)CCCNC(=O)Cc1ccc2c(c1)CC(N)C2.Cl. The largest absolute Gasteiger partial charge is 0.469 e. The number of fused-ring (bicyclic) bond motifs is 1. The van der Waals surface area contributed by atoms with E-state index in [0.717, 1.165) is 18.4 Å². The minimum atomic E-state index is -0.251. The Bertz CT molecular complexity index is 534. The van der Waals surface area contributed by atoms with Crippen LogP contribution in [-0.2, 0) is 33.6 Å². The van der Waals surface area contributed by atoms with Crippen LogP contribution in [-0.4, -0.2) is 31.6 Å². The molecule has 1 amide bonds. The van der Waals surface area contributed by atoms with Crippen molar-refractivity contribution in [3.8, 4) is 0 Å². The summed E-state index contributed by atoms with van der Waals surface area (Å²) in [6.45, 7) is 0.490. The maximum absolute atomic E-state index is 11.8. The molecule has 2 rings (SSSR count). The Morgan fingerprint density at radius 1 is 1.32 bits per heavy atom. The highest BCUT2D eigenvalue weighted by Gasteiger charge is 2.18. The molecule has 122 valence electrons. The zero-order valence-electron chi connectivity index (χ0n) is 12.8. The van der Waals surface area contributed by atoms with Crippen molar-refractivity contribution in [2.24, 2.45) is 5.73 Å². The highest BCUT2D eigenvalue weighted by molar-refractivity contribution is 5.85. The third-order valence-electron chi connectivity index (χ3n) is 3.71. The molecule has 0 aromatic heterocycles. The van der Waals surface area contributed by atoms with Crippen LogP contribution in [0.25, 0.3) is 0 Å². The minimum absolute atomic E-state index is 0. The Morgan fingerprint density at radius 3 is 2.77 bits per heavy atom. The van der Waals surface area contributed by atoms with Crippen LogP contribution in [0.2, 0.25) is 0 Å². The highest BCUT2D eigenvalue weighted by atomic mass is 35.5. The number of ether oxygens (including phenoxy) is 1. The van der Waals surface area contributed by atoms with Crippen LogP contribution in [0.4, 0.5) is 0 Å². The zero-order valence-corrected chi connectivity index (χ0v) is 13.6. The number of nitrogens with one attached hydrogen (secondary N) is 1. The molecule has 1 aromatic carbocycles. The van der Waals surface area contributed by atoms with E-state index < -0.39 is 0 Å². The van der Waals surface area contributed by atoms with Crippen molar-refractivity contribution in [1.82, 2.24) is 5.32 Å². The normalized spacial score (nSPS) is 15.6. The van der Waals surface area contributed by atoms with E-state index in [4.69, 9.17) is 5.73 Å². The minimum Gasteiger partial charge on any atom is -0.469 e. The van der Waals surface area contributed by atoms with Crippen molar-refractivity contribution in [1.29, 1.82) is 0 Å². The molecule has 0 bridgehead atoms. The second kappa shape index (κ2) is 8.76. The summed E-state index contributed by atoms with van der Waals surface area (Å²) in [6, 6.07) is 6.35. The number of benzene rings is 1. The van der Waals surface area contributed by atoms with E-state index in [-0.39, 0.29) is 30.3 Å². The summed E-state index contributed by atoms with van der Waals surface area (Å²) in [6.07, 6.45) is 3.10. The molecule has 3 N–H and O–H groups in total. The summed E-state index contributed by atoms with van der Waals surface area (Å²) < 4.78 is 4.54. The maximum Gasteiger partial charge on any atom is 0.305 e. The molecule has 0 heterocycles. The predicted molar refractivity (Wildman–Crippen MR) is 87.0 cm³/mol. The number of nitrogens with two attached hydrogens (primary N) is 1. The van der Waals surface area contributed by atoms with E-state index in [0.29, 0.717) is 25.8 Å². The third-order valence-corrected chi connectivity index (χ3v) is 3.71. The first kappa shape index (κ1) is 18.5. The molecule has 0 saturated heterocycles. The van der Waals surface area contributed by atoms with Gasteiger partial charge in [-0.25, -0.2) is 0 Å². The van der Waals surface area contributed by atoms with Gasteiger partial charge in [0.2, 0.25) is 5.91 Å². The van der Waals surface area contributed by atoms with Crippen molar-refractivity contribution in [3.63, 3.8) is 0 Å². The van der Waals surface area contributed by atoms with Crippen LogP contribution in [0.15, 0.2) is 18.2 Å². The summed E-state index contributed by atoms with van der Waals surface area (Å²) in [7, 11) is 1.36. The average Bonchev–Trinajstić information content (AvgIpc) is 2.82. The molecule has 1 aliphatic rings. The predicted octanol–water partition coefficient (Wildman–Crippen LogP) is 1.15. The van der Waals surface area contributed by atoms with Gasteiger partial charge in [0.1, 0.15) is 0 Å². The molecule has 1 atom stereocenters. The van der Waals surface area contributed by atoms with E-state index >= 15 is 0 Å². The molecule has 6 heteroatoms. The second-order valence-electron chi connectivity index (χ2n) is 5.48. The number of methoxy groups -OCH3 is 1. The smallest absolute Gasteiger partial charge is 0.305 e. The van der Waals surface area contributed by atoms with Gasteiger partial charge in [0.25, 0.3) is 0 Å². The van der Waals surface area contributed by atoms with Gasteiger partial charge in [0.05, 0.1) is 13.5 Å². The van der Waals surface area contributed by atoms with Gasteiger partial charge in [-0.3, -0.25) is 9.59 Å². The van der Waals surface area contributed by atoms with Crippen LogP contribution in [0.3, 0.4) is 0 Å². The van der Waals surface area contributed by atoms with Crippen LogP contribution >= 0.6 is 12.4 Å². The van der Waals surface area contributed by atoms with Crippen LogP contribution in [0, 0.1) is 0 Å². The maximum atomic E-state index is 11.8. The van der Waals surface area contributed by atoms with E-state index in [1.165, 1.54) is 18.2 Å². The summed E-state index contributed by atoms with van der Waals surface area (Å²) in [5, 5.41) is 2.82. The van der Waals surface area contributed by atoms with Gasteiger partial charge >= 0.3 is 5.97 Å². The molecule has 0 spiro atoms. The van der Waals surface area contributed by atoms with E-state index in [1.807, 2.05) is 6.07 Å². The number of halogens is 1. The Kier molecular flexibility index (Phi) is 7.35. The van der Waals surface area contributed by atoms with Crippen molar-refractivity contribution in [2.75, 3.05) is 13.7 Å². The molecule has 0 radical (unpaired) electrons. The Balaban J connectivity index is 0.00000242. The van der Waals surface area contributed by atoms with Gasteiger partial charge in [0, 0.05) is 19.0 Å². The summed E-state index contributed by atoms with van der Waals surface area (Å²) in [5.74, 6) is -0.277. The van der Waals surface area contributed by atoms with Crippen molar-refractivity contribution in [2.45, 2.75) is 38.1 Å². The Morgan fingerprint density at radius 2 is 2.05 bits per heavy atom. The number of rotatable bonds is 6. The van der Waals surface area contributed by atoms with Crippen LogP contribution in [0.5, 0.6) is 0 Å². The summed E-state index contributed by atoms with van der Waals surface area (Å²) in [5.41, 5.74) is 9.50. The van der Waals surface area contributed by atoms with E-state index in [2.05, 4.69) is 22.2 Å². The van der Waals surface area contributed by atoms with Crippen LogP contribution in [0.1, 0.15) is 29.5 Å². The van der Waals surface area contributed by atoms with Gasteiger partial charge in [-0.2, -0.15) is 0 Å². The molecule has 5 nitrogen and oxygen atoms in total. The summed E-state index contributed by atoms with van der Waals surface area (Å²) in [4.78, 5) is 22.8. The lowest BCUT2D eigenvalue weighted by Crippen LogP contribution is -2.26. The fourth-order valence-electron chi connectivity index (χ4n) is 2.63. The first-order valence-electron chi connectivity index (χ1n) is 7.28. The van der Waals surface area contributed by atoms with Crippen molar-refractivity contribution < 1.29 is 14.3 Å². The van der Waals surface area contributed by atoms with Gasteiger partial charge in [-0.1, -0.05) is 18.2 Å². The van der Waals surface area contributed by atoms with Crippen molar-refractivity contribution >= 4 is 24.3 Å². The highest BCUT2D eigenvalue weighted by Crippen LogP contribution is 2.22. The number of amides is 1. The molecule has 0 aliphatic heterocycles. The lowest BCUT2D eigenvalue weighted by molar-refractivity contribution is -0.140. The number of carbonyl (C=O) groups is 2. The van der Waals surface area contributed by atoms with Gasteiger partial charge in [-0.05, 0) is 36.0 Å². The Hall–Kier alpha value is -1.59.